The highest BCUT2D eigenvalue weighted by Crippen LogP contribution is 2.34. The van der Waals surface area contributed by atoms with Crippen molar-refractivity contribution >= 4 is 11.9 Å². The Morgan fingerprint density at radius 3 is 1.35 bits per heavy atom. The maximum Gasteiger partial charge on any atom is 0.438 e. The van der Waals surface area contributed by atoms with Gasteiger partial charge in [0.25, 0.3) is 0 Å². The van der Waals surface area contributed by atoms with Crippen molar-refractivity contribution in [2.24, 2.45) is 0 Å². The minimum absolute atomic E-state index is 0.131. The number of carbonyl (C=O) groups is 2. The minimum Gasteiger partial charge on any atom is -0.497 e. The molecule has 6 rings (SSSR count). The van der Waals surface area contributed by atoms with Crippen LogP contribution in [0.25, 0.3) is 0 Å². The predicted molar refractivity (Wildman–Crippen MR) is 162 cm³/mol. The Hall–Kier alpha value is -5.46. The number of nitrogens with zero attached hydrogens (tertiary/aromatic N) is 2. The lowest BCUT2D eigenvalue weighted by molar-refractivity contribution is -0.224. The van der Waals surface area contributed by atoms with Gasteiger partial charge < -0.3 is 38.1 Å². The van der Waals surface area contributed by atoms with E-state index in [0.29, 0.717) is 34.5 Å². The zero-order chi connectivity index (χ0) is 31.9. The molecule has 0 unspecified atom stereocenters. The molecular formula is C34H32N2O10. The van der Waals surface area contributed by atoms with E-state index in [4.69, 9.17) is 38.1 Å². The molecule has 0 saturated heterocycles. The molecule has 46 heavy (non-hydrogen) atoms. The molecule has 0 spiro atoms. The molecule has 2 aliphatic heterocycles. The zero-order valence-corrected chi connectivity index (χ0v) is 25.3. The van der Waals surface area contributed by atoms with Crippen molar-refractivity contribution in [2.75, 3.05) is 27.8 Å². The van der Waals surface area contributed by atoms with Gasteiger partial charge >= 0.3 is 11.9 Å². The molecule has 0 aromatic heterocycles. The molecule has 0 saturated carbocycles. The Bertz CT molecular complexity index is 1590. The van der Waals surface area contributed by atoms with Crippen molar-refractivity contribution in [3.05, 3.63) is 107 Å². The predicted octanol–water partition coefficient (Wildman–Crippen LogP) is 4.78. The summed E-state index contributed by atoms with van der Waals surface area (Å²) in [6.45, 7) is 0.886. The number of benzene rings is 4. The van der Waals surface area contributed by atoms with Crippen molar-refractivity contribution in [1.82, 2.24) is 10.1 Å². The molecule has 4 aromatic carbocycles. The Morgan fingerprint density at radius 1 is 0.543 bits per heavy atom. The van der Waals surface area contributed by atoms with Crippen LogP contribution in [-0.2, 0) is 45.4 Å². The van der Waals surface area contributed by atoms with E-state index in [1.54, 1.807) is 38.5 Å². The smallest absolute Gasteiger partial charge is 0.438 e. The van der Waals surface area contributed by atoms with Gasteiger partial charge in [0.2, 0.25) is 13.6 Å². The highest BCUT2D eigenvalue weighted by atomic mass is 16.8. The number of fused-ring (bicyclic) bond motifs is 2. The van der Waals surface area contributed by atoms with Crippen LogP contribution in [0.1, 0.15) is 22.3 Å². The van der Waals surface area contributed by atoms with Crippen molar-refractivity contribution in [3.63, 3.8) is 0 Å². The van der Waals surface area contributed by atoms with E-state index in [2.05, 4.69) is 0 Å². The van der Waals surface area contributed by atoms with Crippen LogP contribution >= 0.6 is 0 Å². The van der Waals surface area contributed by atoms with Crippen LogP contribution in [0.3, 0.4) is 0 Å². The molecule has 4 aromatic rings. The molecule has 12 nitrogen and oxygen atoms in total. The molecule has 0 N–H and O–H groups in total. The number of hydrogen-bond donors (Lipinski definition) is 0. The second kappa shape index (κ2) is 14.1. The third-order valence-corrected chi connectivity index (χ3v) is 7.17. The van der Waals surface area contributed by atoms with Crippen LogP contribution in [0, 0.1) is 0 Å². The highest BCUT2D eigenvalue weighted by Gasteiger charge is 2.27. The zero-order valence-electron chi connectivity index (χ0n) is 25.3. The first-order chi connectivity index (χ1) is 22.4. The van der Waals surface area contributed by atoms with Crippen LogP contribution in [0.4, 0.5) is 0 Å². The van der Waals surface area contributed by atoms with Gasteiger partial charge in [0.05, 0.1) is 40.4 Å². The Labute approximate surface area is 265 Å². The highest BCUT2D eigenvalue weighted by molar-refractivity contribution is 6.29. The summed E-state index contributed by atoms with van der Waals surface area (Å²) in [5.74, 6) is 1.33. The number of hydrogen-bond acceptors (Lipinski definition) is 12. The molecule has 0 aliphatic carbocycles. The Kier molecular flexibility index (Phi) is 9.37. The van der Waals surface area contributed by atoms with E-state index in [-0.39, 0.29) is 39.8 Å². The van der Waals surface area contributed by atoms with Gasteiger partial charge in [-0.3, -0.25) is 0 Å². The number of carbonyl (C=O) groups excluding carboxylic acids is 2. The summed E-state index contributed by atoms with van der Waals surface area (Å²) in [5.41, 5.74) is 3.14. The fourth-order valence-electron chi connectivity index (χ4n) is 4.98. The normalized spacial score (nSPS) is 12.7. The average molecular weight is 629 g/mol. The van der Waals surface area contributed by atoms with Gasteiger partial charge in [-0.2, -0.15) is 0 Å². The van der Waals surface area contributed by atoms with Crippen LogP contribution in [0.15, 0.2) is 84.9 Å². The fourth-order valence-corrected chi connectivity index (χ4v) is 4.98. The summed E-state index contributed by atoms with van der Waals surface area (Å²) in [4.78, 5) is 37.8. The maximum absolute atomic E-state index is 13.2. The lowest BCUT2D eigenvalue weighted by Crippen LogP contribution is -2.35. The van der Waals surface area contributed by atoms with E-state index in [1.165, 1.54) is 10.1 Å². The number of hydroxylamine groups is 4. The van der Waals surface area contributed by atoms with Crippen molar-refractivity contribution in [2.45, 2.75) is 26.2 Å². The van der Waals surface area contributed by atoms with E-state index in [0.717, 1.165) is 22.3 Å². The largest absolute Gasteiger partial charge is 0.497 e. The van der Waals surface area contributed by atoms with Gasteiger partial charge in [-0.25, -0.2) is 9.59 Å². The topological polar surface area (TPSA) is 114 Å². The van der Waals surface area contributed by atoms with Gasteiger partial charge in [0.1, 0.15) is 11.5 Å². The van der Waals surface area contributed by atoms with Crippen molar-refractivity contribution in [3.8, 4) is 34.5 Å². The first-order valence-electron chi connectivity index (χ1n) is 14.4. The van der Waals surface area contributed by atoms with E-state index >= 15 is 0 Å². The molecule has 12 heteroatoms. The summed E-state index contributed by atoms with van der Waals surface area (Å²) in [7, 11) is 3.14. The molecular weight excluding hydrogens is 596 g/mol. The van der Waals surface area contributed by atoms with Gasteiger partial charge in [-0.1, -0.05) is 36.4 Å². The summed E-state index contributed by atoms with van der Waals surface area (Å²) < 4.78 is 32.5. The monoisotopic (exact) mass is 628 g/mol. The number of rotatable bonds is 12. The van der Waals surface area contributed by atoms with Gasteiger partial charge in [0, 0.05) is 0 Å². The Morgan fingerprint density at radius 2 is 0.935 bits per heavy atom. The van der Waals surface area contributed by atoms with Gasteiger partial charge in [-0.05, 0) is 70.8 Å². The van der Waals surface area contributed by atoms with E-state index in [1.807, 2.05) is 60.7 Å². The summed E-state index contributed by atoms with van der Waals surface area (Å²) in [6, 6.07) is 25.5. The van der Waals surface area contributed by atoms with Crippen LogP contribution in [0.5, 0.6) is 34.5 Å². The number of ether oxygens (including phenoxy) is 6. The van der Waals surface area contributed by atoms with E-state index < -0.39 is 11.9 Å². The number of methoxy groups -OCH3 is 2. The SMILES string of the molecule is COc1cccc(CN(Cc2ccc3c(c2)OCO3)OC(=O)C(=O)ON(Cc2cccc(OC)c2)Cc2ccc3c(c2)OCO3)c1. The van der Waals surface area contributed by atoms with Crippen LogP contribution in [0.2, 0.25) is 0 Å². The lowest BCUT2D eigenvalue weighted by atomic mass is 10.1. The molecule has 0 fully saturated rings. The molecule has 238 valence electrons. The molecule has 2 aliphatic rings. The minimum atomic E-state index is -1.19. The van der Waals surface area contributed by atoms with Crippen molar-refractivity contribution in [1.29, 1.82) is 0 Å². The third-order valence-electron chi connectivity index (χ3n) is 7.17. The molecule has 2 heterocycles. The van der Waals surface area contributed by atoms with Crippen LogP contribution in [-0.4, -0.2) is 49.9 Å². The molecule has 0 bridgehead atoms. The first kappa shape index (κ1) is 30.6. The quantitative estimate of drug-likeness (QED) is 0.159. The second-order valence-electron chi connectivity index (χ2n) is 10.4. The Balaban J connectivity index is 1.19. The molecule has 0 atom stereocenters. The van der Waals surface area contributed by atoms with Crippen molar-refractivity contribution < 1.29 is 47.7 Å². The lowest BCUT2D eigenvalue weighted by Gasteiger charge is -2.24. The standard InChI is InChI=1S/C34H32N2O10/c1-39-27-7-3-5-23(13-27)17-35(19-25-9-11-29-31(15-25)43-21-41-29)45-33(37)34(38)46-36(18-24-6-4-8-28(14-24)40-2)20-26-10-12-30-32(16-26)44-22-42-30/h3-16H,17-22H2,1-2H3. The molecule has 0 amide bonds. The van der Waals surface area contributed by atoms with E-state index in [9.17, 15) is 9.59 Å². The summed E-state index contributed by atoms with van der Waals surface area (Å²) >= 11 is 0. The maximum atomic E-state index is 13.2. The first-order valence-corrected chi connectivity index (χ1v) is 14.4. The average Bonchev–Trinajstić information content (AvgIpc) is 3.74. The summed E-state index contributed by atoms with van der Waals surface area (Å²) in [6.07, 6.45) is 0. The fraction of sp³-hybridized carbons (Fsp3) is 0.235. The van der Waals surface area contributed by atoms with Gasteiger partial charge in [-0.15, -0.1) is 10.1 Å². The summed E-state index contributed by atoms with van der Waals surface area (Å²) in [5, 5.41) is 2.75. The van der Waals surface area contributed by atoms with Gasteiger partial charge in [0.15, 0.2) is 23.0 Å². The molecule has 0 radical (unpaired) electrons. The second-order valence-corrected chi connectivity index (χ2v) is 10.4. The van der Waals surface area contributed by atoms with Crippen LogP contribution < -0.4 is 28.4 Å². The third kappa shape index (κ3) is 7.60.